The van der Waals surface area contributed by atoms with Crippen molar-refractivity contribution in [2.75, 3.05) is 0 Å². The summed E-state index contributed by atoms with van der Waals surface area (Å²) < 4.78 is 5.16. The molecule has 2 rings (SSSR count). The Bertz CT molecular complexity index is 375. The van der Waals surface area contributed by atoms with Crippen LogP contribution in [0.1, 0.15) is 31.2 Å². The molecular weight excluding hydrogens is 212 g/mol. The van der Waals surface area contributed by atoms with Crippen LogP contribution in [-0.2, 0) is 16.1 Å². The van der Waals surface area contributed by atoms with Crippen LogP contribution in [0.3, 0.4) is 0 Å². The van der Waals surface area contributed by atoms with Gasteiger partial charge < -0.3 is 4.74 Å². The Labute approximate surface area is 102 Å². The van der Waals surface area contributed by atoms with E-state index in [1.54, 1.807) is 6.08 Å². The summed E-state index contributed by atoms with van der Waals surface area (Å²) in [6.07, 6.45) is 8.58. The number of rotatable bonds is 4. The van der Waals surface area contributed by atoms with E-state index in [0.29, 0.717) is 12.5 Å². The predicted octanol–water partition coefficient (Wildman–Crippen LogP) is 3.48. The average molecular weight is 230 g/mol. The van der Waals surface area contributed by atoms with Gasteiger partial charge in [-0.1, -0.05) is 49.2 Å². The van der Waals surface area contributed by atoms with Crippen LogP contribution in [-0.4, -0.2) is 5.97 Å². The first-order valence-electron chi connectivity index (χ1n) is 6.23. The maximum absolute atomic E-state index is 11.5. The van der Waals surface area contributed by atoms with Crippen LogP contribution in [0.4, 0.5) is 0 Å². The molecule has 0 bridgehead atoms. The fourth-order valence-corrected chi connectivity index (χ4v) is 2.14. The van der Waals surface area contributed by atoms with Crippen LogP contribution >= 0.6 is 0 Å². The van der Waals surface area contributed by atoms with Crippen molar-refractivity contribution in [3.63, 3.8) is 0 Å². The zero-order valence-corrected chi connectivity index (χ0v) is 9.97. The molecule has 1 aliphatic rings. The molecule has 1 saturated carbocycles. The minimum atomic E-state index is -0.235. The van der Waals surface area contributed by atoms with Gasteiger partial charge in [-0.05, 0) is 24.3 Å². The molecule has 2 heteroatoms. The predicted molar refractivity (Wildman–Crippen MR) is 67.3 cm³/mol. The van der Waals surface area contributed by atoms with Gasteiger partial charge in [-0.15, -0.1) is 0 Å². The van der Waals surface area contributed by atoms with Gasteiger partial charge in [0.05, 0.1) is 0 Å². The van der Waals surface area contributed by atoms with Crippen molar-refractivity contribution >= 4 is 5.97 Å². The summed E-state index contributed by atoms with van der Waals surface area (Å²) >= 11 is 0. The molecule has 0 saturated heterocycles. The summed E-state index contributed by atoms with van der Waals surface area (Å²) in [6.45, 7) is 0.356. The first kappa shape index (κ1) is 11.9. The Morgan fingerprint density at radius 2 is 1.94 bits per heavy atom. The topological polar surface area (TPSA) is 26.3 Å². The van der Waals surface area contributed by atoms with Crippen LogP contribution in [0.5, 0.6) is 0 Å². The van der Waals surface area contributed by atoms with Gasteiger partial charge in [0.25, 0.3) is 0 Å². The molecule has 0 aromatic heterocycles. The molecule has 1 aromatic carbocycles. The van der Waals surface area contributed by atoms with Crippen LogP contribution in [0.25, 0.3) is 0 Å². The molecule has 0 radical (unpaired) electrons. The molecule has 0 atom stereocenters. The molecule has 90 valence electrons. The molecule has 0 aliphatic heterocycles. The highest BCUT2D eigenvalue weighted by atomic mass is 16.5. The summed E-state index contributed by atoms with van der Waals surface area (Å²) in [4.78, 5) is 11.5. The number of hydrogen-bond donors (Lipinski definition) is 0. The zero-order chi connectivity index (χ0) is 11.9. The highest BCUT2D eigenvalue weighted by Gasteiger charge is 2.11. The average Bonchev–Trinajstić information content (AvgIpc) is 2.88. The monoisotopic (exact) mass is 230 g/mol. The maximum Gasteiger partial charge on any atom is 0.330 e. The van der Waals surface area contributed by atoms with E-state index in [1.165, 1.54) is 25.7 Å². The smallest absolute Gasteiger partial charge is 0.330 e. The van der Waals surface area contributed by atoms with Crippen molar-refractivity contribution < 1.29 is 9.53 Å². The second-order valence-corrected chi connectivity index (χ2v) is 4.50. The lowest BCUT2D eigenvalue weighted by molar-refractivity contribution is -0.139. The number of hydrogen-bond acceptors (Lipinski definition) is 2. The van der Waals surface area contributed by atoms with Crippen molar-refractivity contribution in [3.05, 3.63) is 48.0 Å². The molecular formula is C15H18O2. The molecule has 1 fully saturated rings. The molecule has 1 aromatic rings. The van der Waals surface area contributed by atoms with Crippen molar-refractivity contribution in [2.24, 2.45) is 5.92 Å². The van der Waals surface area contributed by atoms with E-state index in [0.717, 1.165) is 5.56 Å². The fourth-order valence-electron chi connectivity index (χ4n) is 2.14. The first-order chi connectivity index (χ1) is 8.34. The number of ether oxygens (including phenoxy) is 1. The largest absolute Gasteiger partial charge is 0.458 e. The van der Waals surface area contributed by atoms with E-state index < -0.39 is 0 Å². The lowest BCUT2D eigenvalue weighted by Gasteiger charge is -2.03. The third-order valence-electron chi connectivity index (χ3n) is 3.13. The summed E-state index contributed by atoms with van der Waals surface area (Å²) in [5.74, 6) is 0.347. The zero-order valence-electron chi connectivity index (χ0n) is 9.97. The Kier molecular flexibility index (Phi) is 4.37. The minimum Gasteiger partial charge on any atom is -0.458 e. The summed E-state index contributed by atoms with van der Waals surface area (Å²) in [5, 5.41) is 0. The van der Waals surface area contributed by atoms with Crippen LogP contribution in [0.15, 0.2) is 42.5 Å². The van der Waals surface area contributed by atoms with Crippen LogP contribution < -0.4 is 0 Å². The highest BCUT2D eigenvalue weighted by Crippen LogP contribution is 2.25. The van der Waals surface area contributed by atoms with Gasteiger partial charge in [-0.25, -0.2) is 4.79 Å². The van der Waals surface area contributed by atoms with E-state index in [4.69, 9.17) is 4.74 Å². The fraction of sp³-hybridized carbons (Fsp3) is 0.400. The van der Waals surface area contributed by atoms with Gasteiger partial charge in [0.1, 0.15) is 6.61 Å². The van der Waals surface area contributed by atoms with Gasteiger partial charge in [0.15, 0.2) is 0 Å². The van der Waals surface area contributed by atoms with Gasteiger partial charge in [0, 0.05) is 6.08 Å². The molecule has 0 amide bonds. The highest BCUT2D eigenvalue weighted by molar-refractivity contribution is 5.81. The SMILES string of the molecule is O=C(C=CC1CCCC1)OCc1ccccc1. The molecule has 17 heavy (non-hydrogen) atoms. The molecule has 0 spiro atoms. The normalized spacial score (nSPS) is 16.5. The molecule has 0 N–H and O–H groups in total. The van der Waals surface area contributed by atoms with Crippen molar-refractivity contribution in [2.45, 2.75) is 32.3 Å². The van der Waals surface area contributed by atoms with E-state index >= 15 is 0 Å². The van der Waals surface area contributed by atoms with Crippen LogP contribution in [0, 0.1) is 5.92 Å². The second kappa shape index (κ2) is 6.24. The van der Waals surface area contributed by atoms with Crippen LogP contribution in [0.2, 0.25) is 0 Å². The van der Waals surface area contributed by atoms with Gasteiger partial charge >= 0.3 is 5.97 Å². The number of esters is 1. The van der Waals surface area contributed by atoms with Crippen molar-refractivity contribution in [1.29, 1.82) is 0 Å². The molecule has 2 nitrogen and oxygen atoms in total. The number of carbonyl (C=O) groups is 1. The Morgan fingerprint density at radius 3 is 2.65 bits per heavy atom. The number of carbonyl (C=O) groups excluding carboxylic acids is 1. The Morgan fingerprint density at radius 1 is 1.24 bits per heavy atom. The summed E-state index contributed by atoms with van der Waals surface area (Å²) in [7, 11) is 0. The Balaban J connectivity index is 1.74. The standard InChI is InChI=1S/C15H18O2/c16-15(11-10-13-6-4-5-7-13)17-12-14-8-2-1-3-9-14/h1-3,8-11,13H,4-7,12H2. The van der Waals surface area contributed by atoms with E-state index in [2.05, 4.69) is 0 Å². The first-order valence-corrected chi connectivity index (χ1v) is 6.23. The third kappa shape index (κ3) is 4.06. The summed E-state index contributed by atoms with van der Waals surface area (Å²) in [5.41, 5.74) is 1.02. The lowest BCUT2D eigenvalue weighted by atomic mass is 10.1. The quantitative estimate of drug-likeness (QED) is 0.584. The molecule has 0 heterocycles. The van der Waals surface area contributed by atoms with E-state index in [-0.39, 0.29) is 5.97 Å². The van der Waals surface area contributed by atoms with E-state index in [1.807, 2.05) is 36.4 Å². The Hall–Kier alpha value is -1.57. The van der Waals surface area contributed by atoms with Gasteiger partial charge in [-0.2, -0.15) is 0 Å². The lowest BCUT2D eigenvalue weighted by Crippen LogP contribution is -2.01. The third-order valence-corrected chi connectivity index (χ3v) is 3.13. The molecule has 0 unspecified atom stereocenters. The maximum atomic E-state index is 11.5. The van der Waals surface area contributed by atoms with Crippen molar-refractivity contribution in [3.8, 4) is 0 Å². The van der Waals surface area contributed by atoms with Gasteiger partial charge in [0.2, 0.25) is 0 Å². The van der Waals surface area contributed by atoms with E-state index in [9.17, 15) is 4.79 Å². The van der Waals surface area contributed by atoms with Crippen molar-refractivity contribution in [1.82, 2.24) is 0 Å². The summed E-state index contributed by atoms with van der Waals surface area (Å²) in [6, 6.07) is 9.74. The van der Waals surface area contributed by atoms with Gasteiger partial charge in [-0.3, -0.25) is 0 Å². The number of allylic oxidation sites excluding steroid dienone is 1. The number of benzene rings is 1. The second-order valence-electron chi connectivity index (χ2n) is 4.50. The minimum absolute atomic E-state index is 0.235. The molecule has 1 aliphatic carbocycles.